The first-order chi connectivity index (χ1) is 9.25. The largest absolute Gasteiger partial charge is 0.490 e. The summed E-state index contributed by atoms with van der Waals surface area (Å²) in [5.41, 5.74) is 1.45. The zero-order valence-electron chi connectivity index (χ0n) is 9.94. The number of carbonyl (C=O) groups is 1. The van der Waals surface area contributed by atoms with Gasteiger partial charge in [0.15, 0.2) is 4.88 Å². The summed E-state index contributed by atoms with van der Waals surface area (Å²) in [6.07, 6.45) is 0. The molecule has 0 amide bonds. The first-order valence-corrected chi connectivity index (χ1v) is 6.54. The molecule has 2 aromatic rings. The molecule has 2 heterocycles. The predicted molar refractivity (Wildman–Crippen MR) is 69.9 cm³/mol. The Morgan fingerprint density at radius 2 is 2.32 bits per heavy atom. The molecule has 1 N–H and O–H groups in total. The standard InChI is InChI=1S/C12H11N3O3S/c16-12(17)11-8(13-14-19-11)7-15-5-6-18-10-4-2-1-3-9(10)15/h1-4H,5-7H2,(H,16,17). The molecule has 6 nitrogen and oxygen atoms in total. The topological polar surface area (TPSA) is 75.5 Å². The number of benzene rings is 1. The summed E-state index contributed by atoms with van der Waals surface area (Å²) in [5, 5.41) is 13.0. The van der Waals surface area contributed by atoms with Gasteiger partial charge in [-0.15, -0.1) is 5.10 Å². The lowest BCUT2D eigenvalue weighted by Crippen LogP contribution is -2.32. The van der Waals surface area contributed by atoms with Crippen molar-refractivity contribution in [3.05, 3.63) is 34.8 Å². The molecule has 0 atom stereocenters. The van der Waals surface area contributed by atoms with Crippen LogP contribution in [0.15, 0.2) is 24.3 Å². The Labute approximate surface area is 113 Å². The maximum absolute atomic E-state index is 11.1. The number of hydrogen-bond acceptors (Lipinski definition) is 6. The normalized spacial score (nSPS) is 13.8. The number of fused-ring (bicyclic) bond motifs is 1. The molecule has 0 saturated carbocycles. The minimum absolute atomic E-state index is 0.198. The van der Waals surface area contributed by atoms with Crippen molar-refractivity contribution in [2.75, 3.05) is 18.1 Å². The van der Waals surface area contributed by atoms with Crippen molar-refractivity contribution >= 4 is 23.2 Å². The van der Waals surface area contributed by atoms with Gasteiger partial charge in [0, 0.05) is 0 Å². The number of ether oxygens (including phenoxy) is 1. The SMILES string of the molecule is O=C(O)c1snnc1CN1CCOc2ccccc21. The molecular weight excluding hydrogens is 266 g/mol. The molecule has 0 spiro atoms. The molecule has 1 aromatic heterocycles. The summed E-state index contributed by atoms with van der Waals surface area (Å²) in [6, 6.07) is 7.70. The third-order valence-corrected chi connectivity index (χ3v) is 3.67. The third-order valence-electron chi connectivity index (χ3n) is 2.92. The summed E-state index contributed by atoms with van der Waals surface area (Å²) in [6.45, 7) is 1.71. The molecule has 1 aromatic carbocycles. The van der Waals surface area contributed by atoms with Gasteiger partial charge in [-0.1, -0.05) is 16.6 Å². The zero-order valence-corrected chi connectivity index (χ0v) is 10.8. The Morgan fingerprint density at radius 3 is 3.16 bits per heavy atom. The van der Waals surface area contributed by atoms with Crippen LogP contribution in [0.3, 0.4) is 0 Å². The first kappa shape index (κ1) is 11.9. The number of hydrogen-bond donors (Lipinski definition) is 1. The van der Waals surface area contributed by atoms with Crippen LogP contribution >= 0.6 is 11.5 Å². The monoisotopic (exact) mass is 277 g/mol. The van der Waals surface area contributed by atoms with Gasteiger partial charge in [-0.3, -0.25) is 0 Å². The summed E-state index contributed by atoms with van der Waals surface area (Å²) in [4.78, 5) is 13.3. The number of aromatic carboxylic acids is 1. The molecule has 0 radical (unpaired) electrons. The third kappa shape index (κ3) is 2.24. The number of carboxylic acids is 1. The van der Waals surface area contributed by atoms with Crippen molar-refractivity contribution in [3.63, 3.8) is 0 Å². The van der Waals surface area contributed by atoms with Gasteiger partial charge in [0.25, 0.3) is 0 Å². The van der Waals surface area contributed by atoms with Crippen molar-refractivity contribution in [1.29, 1.82) is 0 Å². The van der Waals surface area contributed by atoms with Gasteiger partial charge in [-0.05, 0) is 23.7 Å². The van der Waals surface area contributed by atoms with E-state index in [2.05, 4.69) is 14.5 Å². The van der Waals surface area contributed by atoms with Gasteiger partial charge >= 0.3 is 5.97 Å². The molecule has 0 unspecified atom stereocenters. The number of para-hydroxylation sites is 2. The predicted octanol–water partition coefficient (Wildman–Crippen LogP) is 1.64. The van der Waals surface area contributed by atoms with Gasteiger partial charge in [-0.2, -0.15) is 0 Å². The van der Waals surface area contributed by atoms with E-state index in [0.717, 1.165) is 23.0 Å². The average Bonchev–Trinajstić information content (AvgIpc) is 2.87. The lowest BCUT2D eigenvalue weighted by atomic mass is 10.2. The summed E-state index contributed by atoms with van der Waals surface area (Å²) < 4.78 is 9.28. The van der Waals surface area contributed by atoms with Crippen molar-refractivity contribution in [1.82, 2.24) is 9.59 Å². The molecule has 1 aliphatic heterocycles. The van der Waals surface area contributed by atoms with Gasteiger partial charge in [0.2, 0.25) is 0 Å². The molecule has 1 aliphatic rings. The Bertz CT molecular complexity index is 614. The van der Waals surface area contributed by atoms with Crippen LogP contribution in [0.1, 0.15) is 15.4 Å². The fraction of sp³-hybridized carbons (Fsp3) is 0.250. The molecule has 19 heavy (non-hydrogen) atoms. The average molecular weight is 277 g/mol. The van der Waals surface area contributed by atoms with Crippen molar-refractivity contribution in [3.8, 4) is 5.75 Å². The van der Waals surface area contributed by atoms with Gasteiger partial charge in [-0.25, -0.2) is 4.79 Å². The maximum Gasteiger partial charge on any atom is 0.349 e. The van der Waals surface area contributed by atoms with Crippen LogP contribution in [0.5, 0.6) is 5.75 Å². The molecule has 0 fully saturated rings. The minimum Gasteiger partial charge on any atom is -0.490 e. The Morgan fingerprint density at radius 1 is 1.47 bits per heavy atom. The number of aromatic nitrogens is 2. The lowest BCUT2D eigenvalue weighted by Gasteiger charge is -2.30. The number of anilines is 1. The second-order valence-electron chi connectivity index (χ2n) is 4.09. The Hall–Kier alpha value is -2.15. The molecular formula is C12H11N3O3S. The molecule has 0 bridgehead atoms. The van der Waals surface area contributed by atoms with Gasteiger partial charge < -0.3 is 14.7 Å². The zero-order chi connectivity index (χ0) is 13.2. The van der Waals surface area contributed by atoms with Crippen LogP contribution in [-0.4, -0.2) is 33.8 Å². The summed E-state index contributed by atoms with van der Waals surface area (Å²) in [5.74, 6) is -0.166. The van der Waals surface area contributed by atoms with E-state index in [1.54, 1.807) is 0 Å². The molecule has 3 rings (SSSR count). The molecule has 98 valence electrons. The minimum atomic E-state index is -0.980. The number of nitrogens with zero attached hydrogens (tertiary/aromatic N) is 3. The molecule has 7 heteroatoms. The second kappa shape index (κ2) is 4.85. The van der Waals surface area contributed by atoms with Crippen LogP contribution in [0.2, 0.25) is 0 Å². The van der Waals surface area contributed by atoms with E-state index < -0.39 is 5.97 Å². The Kier molecular flexibility index (Phi) is 3.04. The number of rotatable bonds is 3. The second-order valence-corrected chi connectivity index (χ2v) is 4.85. The highest BCUT2D eigenvalue weighted by atomic mass is 32.1. The van der Waals surface area contributed by atoms with Crippen LogP contribution in [0, 0.1) is 0 Å². The van der Waals surface area contributed by atoms with Crippen molar-refractivity contribution in [2.45, 2.75) is 6.54 Å². The Balaban J connectivity index is 1.89. The highest BCUT2D eigenvalue weighted by molar-refractivity contribution is 7.07. The van der Waals surface area contributed by atoms with Gasteiger partial charge in [0.05, 0.1) is 18.8 Å². The van der Waals surface area contributed by atoms with E-state index >= 15 is 0 Å². The number of carboxylic acid groups (broad SMARTS) is 1. The quantitative estimate of drug-likeness (QED) is 0.919. The van der Waals surface area contributed by atoms with E-state index in [4.69, 9.17) is 9.84 Å². The van der Waals surface area contributed by atoms with E-state index in [9.17, 15) is 4.79 Å². The first-order valence-electron chi connectivity index (χ1n) is 5.77. The van der Waals surface area contributed by atoms with Crippen molar-refractivity contribution < 1.29 is 14.6 Å². The fourth-order valence-electron chi connectivity index (χ4n) is 2.05. The highest BCUT2D eigenvalue weighted by Crippen LogP contribution is 2.32. The summed E-state index contributed by atoms with van der Waals surface area (Å²) in [7, 11) is 0. The van der Waals surface area contributed by atoms with E-state index in [0.29, 0.717) is 25.4 Å². The van der Waals surface area contributed by atoms with E-state index in [1.165, 1.54) is 0 Å². The maximum atomic E-state index is 11.1. The lowest BCUT2D eigenvalue weighted by molar-refractivity contribution is 0.0700. The highest BCUT2D eigenvalue weighted by Gasteiger charge is 2.22. The fourth-order valence-corrected chi connectivity index (χ4v) is 2.56. The van der Waals surface area contributed by atoms with Gasteiger partial charge in [0.1, 0.15) is 18.1 Å². The van der Waals surface area contributed by atoms with Crippen LogP contribution < -0.4 is 9.64 Å². The van der Waals surface area contributed by atoms with Crippen LogP contribution in [0.4, 0.5) is 5.69 Å². The van der Waals surface area contributed by atoms with E-state index in [-0.39, 0.29) is 4.88 Å². The van der Waals surface area contributed by atoms with Crippen molar-refractivity contribution in [2.24, 2.45) is 0 Å². The summed E-state index contributed by atoms with van der Waals surface area (Å²) >= 11 is 0.909. The smallest absolute Gasteiger partial charge is 0.349 e. The molecule has 0 aliphatic carbocycles. The van der Waals surface area contributed by atoms with Crippen LogP contribution in [0.25, 0.3) is 0 Å². The van der Waals surface area contributed by atoms with E-state index in [1.807, 2.05) is 24.3 Å². The molecule has 0 saturated heterocycles. The van der Waals surface area contributed by atoms with Crippen LogP contribution in [-0.2, 0) is 6.54 Å².